The van der Waals surface area contributed by atoms with Crippen molar-refractivity contribution in [2.45, 2.75) is 45.5 Å². The van der Waals surface area contributed by atoms with Gasteiger partial charge in [-0.3, -0.25) is 0 Å². The standard InChI is InChI=1S/C17H20O7/c1-3-5-13(18)10(4-2)15(20)23-14(19)9-6-7-11-12(8-9)17(22)24-16(11)21/h6-8,10,13,15,18,20H,3-5H2,1-2H3. The van der Waals surface area contributed by atoms with Crippen LogP contribution in [0, 0.1) is 5.92 Å². The van der Waals surface area contributed by atoms with Crippen LogP contribution in [0.2, 0.25) is 0 Å². The summed E-state index contributed by atoms with van der Waals surface area (Å²) in [5, 5.41) is 20.1. The average Bonchev–Trinajstić information content (AvgIpc) is 2.82. The monoisotopic (exact) mass is 336 g/mol. The van der Waals surface area contributed by atoms with E-state index in [9.17, 15) is 24.6 Å². The summed E-state index contributed by atoms with van der Waals surface area (Å²) in [5.41, 5.74) is 0.0863. The third kappa shape index (κ3) is 3.63. The van der Waals surface area contributed by atoms with Gasteiger partial charge in [-0.2, -0.15) is 0 Å². The van der Waals surface area contributed by atoms with Crippen molar-refractivity contribution in [1.82, 2.24) is 0 Å². The van der Waals surface area contributed by atoms with Gasteiger partial charge in [0.1, 0.15) is 0 Å². The van der Waals surface area contributed by atoms with Crippen LogP contribution in [0.1, 0.15) is 64.2 Å². The Kier molecular flexibility index (Phi) is 5.69. The molecule has 0 bridgehead atoms. The minimum Gasteiger partial charge on any atom is -0.432 e. The molecule has 0 aliphatic carbocycles. The number of hydrogen-bond acceptors (Lipinski definition) is 7. The molecule has 3 unspecified atom stereocenters. The smallest absolute Gasteiger partial charge is 0.346 e. The third-order valence-electron chi connectivity index (χ3n) is 4.02. The number of aliphatic hydroxyl groups excluding tert-OH is 2. The van der Waals surface area contributed by atoms with E-state index in [0.29, 0.717) is 12.8 Å². The van der Waals surface area contributed by atoms with Gasteiger partial charge in [0.15, 0.2) is 0 Å². The molecule has 0 fully saturated rings. The van der Waals surface area contributed by atoms with Gasteiger partial charge >= 0.3 is 17.9 Å². The van der Waals surface area contributed by atoms with Gasteiger partial charge in [-0.1, -0.05) is 20.3 Å². The second-order valence-corrected chi connectivity index (χ2v) is 5.66. The molecule has 0 aromatic heterocycles. The van der Waals surface area contributed by atoms with Crippen molar-refractivity contribution in [3.8, 4) is 0 Å². The van der Waals surface area contributed by atoms with Crippen molar-refractivity contribution in [2.75, 3.05) is 0 Å². The number of carbonyl (C=O) groups excluding carboxylic acids is 3. The highest BCUT2D eigenvalue weighted by molar-refractivity contribution is 6.15. The highest BCUT2D eigenvalue weighted by Crippen LogP contribution is 2.23. The summed E-state index contributed by atoms with van der Waals surface area (Å²) in [7, 11) is 0. The number of esters is 3. The first-order valence-electron chi connectivity index (χ1n) is 7.86. The van der Waals surface area contributed by atoms with Gasteiger partial charge in [-0.05, 0) is 31.0 Å². The van der Waals surface area contributed by atoms with E-state index in [1.165, 1.54) is 18.2 Å². The molecule has 1 aromatic rings. The summed E-state index contributed by atoms with van der Waals surface area (Å²) in [6, 6.07) is 3.81. The molecule has 1 aromatic carbocycles. The number of aliphatic hydroxyl groups is 2. The maximum Gasteiger partial charge on any atom is 0.346 e. The number of benzene rings is 1. The SMILES string of the molecule is CCCC(O)C(CC)C(O)OC(=O)c1ccc2c(c1)C(=O)OC2=O. The van der Waals surface area contributed by atoms with Crippen LogP contribution < -0.4 is 0 Å². The fraction of sp³-hybridized carbons (Fsp3) is 0.471. The van der Waals surface area contributed by atoms with Gasteiger partial charge < -0.3 is 19.7 Å². The number of ether oxygens (including phenoxy) is 2. The average molecular weight is 336 g/mol. The molecule has 24 heavy (non-hydrogen) atoms. The Balaban J connectivity index is 2.11. The molecular weight excluding hydrogens is 316 g/mol. The molecule has 0 radical (unpaired) electrons. The maximum absolute atomic E-state index is 12.1. The van der Waals surface area contributed by atoms with Gasteiger partial charge in [0.05, 0.1) is 22.8 Å². The van der Waals surface area contributed by atoms with Crippen LogP contribution in [0.3, 0.4) is 0 Å². The zero-order valence-corrected chi connectivity index (χ0v) is 13.5. The Morgan fingerprint density at radius 3 is 2.46 bits per heavy atom. The number of fused-ring (bicyclic) bond motifs is 1. The molecule has 1 heterocycles. The summed E-state index contributed by atoms with van der Waals surface area (Å²) < 4.78 is 9.45. The topological polar surface area (TPSA) is 110 Å². The van der Waals surface area contributed by atoms with Crippen LogP contribution in [-0.2, 0) is 9.47 Å². The predicted octanol–water partition coefficient (Wildman–Crippen LogP) is 1.66. The second-order valence-electron chi connectivity index (χ2n) is 5.66. The quantitative estimate of drug-likeness (QED) is 0.442. The normalized spacial score (nSPS) is 17.0. The lowest BCUT2D eigenvalue weighted by molar-refractivity contribution is -0.128. The van der Waals surface area contributed by atoms with E-state index >= 15 is 0 Å². The number of cyclic esters (lactones) is 2. The molecule has 0 amide bonds. The van der Waals surface area contributed by atoms with Crippen molar-refractivity contribution in [3.63, 3.8) is 0 Å². The van der Waals surface area contributed by atoms with Crippen molar-refractivity contribution in [1.29, 1.82) is 0 Å². The predicted molar refractivity (Wildman–Crippen MR) is 82.3 cm³/mol. The fourth-order valence-corrected chi connectivity index (χ4v) is 2.65. The fourth-order valence-electron chi connectivity index (χ4n) is 2.65. The molecular formula is C17H20O7. The van der Waals surface area contributed by atoms with Gasteiger partial charge in [-0.25, -0.2) is 14.4 Å². The highest BCUT2D eigenvalue weighted by atomic mass is 16.6. The summed E-state index contributed by atoms with van der Waals surface area (Å²) in [6.07, 6.45) is -0.596. The van der Waals surface area contributed by atoms with E-state index in [1.807, 2.05) is 6.92 Å². The first-order valence-corrected chi connectivity index (χ1v) is 7.86. The van der Waals surface area contributed by atoms with Gasteiger partial charge in [0, 0.05) is 5.92 Å². The van der Waals surface area contributed by atoms with E-state index in [2.05, 4.69) is 4.74 Å². The van der Waals surface area contributed by atoms with E-state index < -0.39 is 36.2 Å². The Morgan fingerprint density at radius 2 is 1.83 bits per heavy atom. The Hall–Kier alpha value is -2.25. The van der Waals surface area contributed by atoms with Crippen LogP contribution in [0.5, 0.6) is 0 Å². The minimum atomic E-state index is -1.47. The number of rotatable bonds is 7. The summed E-state index contributed by atoms with van der Waals surface area (Å²) >= 11 is 0. The van der Waals surface area contributed by atoms with Gasteiger partial charge in [-0.15, -0.1) is 0 Å². The summed E-state index contributed by atoms with van der Waals surface area (Å²) in [5.74, 6) is -3.03. The molecule has 1 aliphatic heterocycles. The van der Waals surface area contributed by atoms with E-state index in [-0.39, 0.29) is 16.7 Å². The molecule has 0 saturated carbocycles. The van der Waals surface area contributed by atoms with Gasteiger partial charge in [0.2, 0.25) is 6.29 Å². The van der Waals surface area contributed by atoms with Crippen LogP contribution in [0.25, 0.3) is 0 Å². The van der Waals surface area contributed by atoms with Crippen molar-refractivity contribution < 1.29 is 34.1 Å². The van der Waals surface area contributed by atoms with Crippen molar-refractivity contribution >= 4 is 17.9 Å². The molecule has 2 rings (SSSR count). The van der Waals surface area contributed by atoms with Crippen LogP contribution in [0.15, 0.2) is 18.2 Å². The largest absolute Gasteiger partial charge is 0.432 e. The molecule has 7 heteroatoms. The molecule has 130 valence electrons. The Morgan fingerprint density at radius 1 is 1.17 bits per heavy atom. The second kappa shape index (κ2) is 7.55. The Bertz CT molecular complexity index is 652. The zero-order valence-electron chi connectivity index (χ0n) is 13.5. The summed E-state index contributed by atoms with van der Waals surface area (Å²) in [4.78, 5) is 35.0. The molecule has 7 nitrogen and oxygen atoms in total. The maximum atomic E-state index is 12.1. The van der Waals surface area contributed by atoms with Crippen molar-refractivity contribution in [2.24, 2.45) is 5.92 Å². The highest BCUT2D eigenvalue weighted by Gasteiger charge is 2.32. The molecule has 0 saturated heterocycles. The van der Waals surface area contributed by atoms with Crippen LogP contribution in [0.4, 0.5) is 0 Å². The lowest BCUT2D eigenvalue weighted by Gasteiger charge is -2.26. The number of hydrogen-bond donors (Lipinski definition) is 2. The van der Waals surface area contributed by atoms with Gasteiger partial charge in [0.25, 0.3) is 0 Å². The summed E-state index contributed by atoms with van der Waals surface area (Å²) in [6.45, 7) is 3.68. The molecule has 2 N–H and O–H groups in total. The van der Waals surface area contributed by atoms with Crippen LogP contribution >= 0.6 is 0 Å². The first-order chi connectivity index (χ1) is 11.4. The van der Waals surface area contributed by atoms with E-state index in [4.69, 9.17) is 4.74 Å². The third-order valence-corrected chi connectivity index (χ3v) is 4.02. The first kappa shape index (κ1) is 18.1. The lowest BCUT2D eigenvalue weighted by atomic mass is 9.95. The number of carbonyl (C=O) groups is 3. The van der Waals surface area contributed by atoms with Crippen molar-refractivity contribution in [3.05, 3.63) is 34.9 Å². The molecule has 3 atom stereocenters. The van der Waals surface area contributed by atoms with E-state index in [0.717, 1.165) is 6.42 Å². The minimum absolute atomic E-state index is 0.0120. The Labute approximate surface area is 139 Å². The van der Waals surface area contributed by atoms with E-state index in [1.54, 1.807) is 6.92 Å². The lowest BCUT2D eigenvalue weighted by Crippen LogP contribution is -2.34. The molecule has 1 aliphatic rings. The zero-order chi connectivity index (χ0) is 17.9. The molecule has 0 spiro atoms. The van der Waals surface area contributed by atoms with Crippen LogP contribution in [-0.4, -0.2) is 40.5 Å².